The van der Waals surface area contributed by atoms with Crippen LogP contribution in [0.2, 0.25) is 0 Å². The molecule has 8 rings (SSSR count). The number of carbonyl (C=O) groups excluding carboxylic acids is 6. The Kier molecular flexibility index (Phi) is 18.1. The third-order valence-corrected chi connectivity index (χ3v) is 17.1. The van der Waals surface area contributed by atoms with Gasteiger partial charge in [0.25, 0.3) is 11.8 Å². The van der Waals surface area contributed by atoms with Crippen molar-refractivity contribution in [1.82, 2.24) is 46.7 Å². The average molecular weight is 1100 g/mol. The summed E-state index contributed by atoms with van der Waals surface area (Å²) in [6.07, 6.45) is 0.924. The van der Waals surface area contributed by atoms with Gasteiger partial charge in [-0.25, -0.2) is 4.98 Å². The molecule has 412 valence electrons. The molecule has 6 amide bonds. The zero-order valence-corrected chi connectivity index (χ0v) is 47.9. The molecule has 18 heteroatoms. The molecule has 4 heterocycles. The summed E-state index contributed by atoms with van der Waals surface area (Å²) in [5.74, 6) is -0.866. The Morgan fingerprint density at radius 1 is 0.590 bits per heavy atom. The van der Waals surface area contributed by atoms with Gasteiger partial charge in [0.1, 0.15) is 22.5 Å². The number of carbonyl (C=O) groups is 6. The summed E-state index contributed by atoms with van der Waals surface area (Å²) in [4.78, 5) is 97.3. The van der Waals surface area contributed by atoms with E-state index in [0.29, 0.717) is 29.7 Å². The van der Waals surface area contributed by atoms with E-state index in [1.807, 2.05) is 137 Å². The highest BCUT2D eigenvalue weighted by Crippen LogP contribution is 2.39. The van der Waals surface area contributed by atoms with Crippen LogP contribution in [-0.2, 0) is 19.2 Å². The van der Waals surface area contributed by atoms with E-state index in [1.54, 1.807) is 68.9 Å². The minimum absolute atomic E-state index is 0.208. The zero-order chi connectivity index (χ0) is 56.1. The smallest absolute Gasteiger partial charge is 0.251 e. The summed E-state index contributed by atoms with van der Waals surface area (Å²) in [5.41, 5.74) is 5.14. The molecule has 0 bridgehead atoms. The zero-order valence-electron chi connectivity index (χ0n) is 46.3. The van der Waals surface area contributed by atoms with Crippen molar-refractivity contribution in [1.29, 1.82) is 0 Å². The number of aliphatic imine (C=N–C) groups is 1. The molecule has 3 aliphatic rings. The number of nitrogens with zero attached hydrogens (tertiary/aromatic N) is 4. The Balaban J connectivity index is 0.940. The molecule has 5 aromatic rings. The van der Waals surface area contributed by atoms with Gasteiger partial charge in [0.2, 0.25) is 23.6 Å². The lowest BCUT2D eigenvalue weighted by atomic mass is 9.85. The summed E-state index contributed by atoms with van der Waals surface area (Å²) in [7, 11) is 3.40. The van der Waals surface area contributed by atoms with E-state index in [1.165, 1.54) is 11.3 Å². The van der Waals surface area contributed by atoms with Crippen LogP contribution in [0, 0.1) is 10.8 Å². The molecule has 9 unspecified atom stereocenters. The van der Waals surface area contributed by atoms with Crippen LogP contribution in [-0.4, -0.2) is 137 Å². The minimum Gasteiger partial charge on any atom is -0.347 e. The first-order valence-electron chi connectivity index (χ1n) is 26.8. The molecule has 6 N–H and O–H groups in total. The van der Waals surface area contributed by atoms with E-state index in [9.17, 15) is 28.8 Å². The fourth-order valence-corrected chi connectivity index (χ4v) is 12.3. The quantitative estimate of drug-likeness (QED) is 0.0558. The Labute approximate surface area is 466 Å². The van der Waals surface area contributed by atoms with Crippen LogP contribution in [0.15, 0.2) is 120 Å². The first kappa shape index (κ1) is 57.4. The van der Waals surface area contributed by atoms with E-state index in [4.69, 9.17) is 9.98 Å². The summed E-state index contributed by atoms with van der Waals surface area (Å²) in [5, 5.41) is 20.8. The lowest BCUT2D eigenvalue weighted by Gasteiger charge is -2.37. The monoisotopic (exact) mass is 1090 g/mol. The minimum atomic E-state index is -0.835. The maximum Gasteiger partial charge on any atom is 0.251 e. The van der Waals surface area contributed by atoms with Gasteiger partial charge < -0.3 is 41.7 Å². The van der Waals surface area contributed by atoms with Crippen LogP contribution in [0.5, 0.6) is 0 Å². The summed E-state index contributed by atoms with van der Waals surface area (Å²) in [6.45, 7) is 15.6. The normalized spacial score (nSPS) is 21.0. The van der Waals surface area contributed by atoms with Crippen LogP contribution in [0.1, 0.15) is 106 Å². The van der Waals surface area contributed by atoms with Gasteiger partial charge in [-0.15, -0.1) is 23.1 Å². The van der Waals surface area contributed by atoms with Gasteiger partial charge in [-0.1, -0.05) is 126 Å². The first-order chi connectivity index (χ1) is 37.1. The predicted molar refractivity (Wildman–Crippen MR) is 310 cm³/mol. The van der Waals surface area contributed by atoms with Crippen molar-refractivity contribution in [3.8, 4) is 22.4 Å². The largest absolute Gasteiger partial charge is 0.347 e. The number of amides is 6. The van der Waals surface area contributed by atoms with E-state index >= 15 is 0 Å². The SMILES string of the molecule is CNC(C)C(=O)NC(C(=O)N1CC(NC(=O)c2ccc(-c3ccc(C(=O)NC4CC(C5N=C(c6ccccc6)CS5)N(C(=O)C(NC(=O)C(C)NC)C(C)(C)C)C4)cc3)cc2)CC1c1nc(-c2ccccc2)cs1)C(C)(C)C. The molecule has 78 heavy (non-hydrogen) atoms. The molecule has 4 aromatic carbocycles. The van der Waals surface area contributed by atoms with Crippen LogP contribution < -0.4 is 31.9 Å². The van der Waals surface area contributed by atoms with Crippen molar-refractivity contribution in [2.75, 3.05) is 32.9 Å². The standard InChI is InChI=1S/C60H74N10O6S2/c1-35(61-9)51(71)67-49(59(3,4)5)57(75)69-31-43(29-47(69)55-65-45(33-77-55)39-17-13-11-14-18-39)63-53(73)41-25-21-37(22-26-41)38-23-27-42(28-24-38)54(74)64-44-30-48(56-66-46(34-78-56)40-19-15-12-16-20-40)70(32-44)58(76)50(60(6,7)8)68-52(72)36(2)62-10/h11-28,33,35-36,43-44,47-50,56,61-62H,29-32,34H2,1-10H3,(H,63,73)(H,64,74)(H,67,71)(H,68,72). The number of rotatable bonds is 17. The summed E-state index contributed by atoms with van der Waals surface area (Å²) >= 11 is 3.15. The lowest BCUT2D eigenvalue weighted by Crippen LogP contribution is -2.59. The Morgan fingerprint density at radius 3 is 1.54 bits per heavy atom. The van der Waals surface area contributed by atoms with Crippen LogP contribution in [0.25, 0.3) is 22.4 Å². The number of likely N-dealkylation sites (N-methyl/N-ethyl adjacent to an activating group) is 2. The number of hydrogen-bond acceptors (Lipinski definition) is 12. The van der Waals surface area contributed by atoms with Crippen molar-refractivity contribution in [2.24, 2.45) is 15.8 Å². The fraction of sp³-hybridized carbons (Fsp3) is 0.433. The van der Waals surface area contributed by atoms with Crippen molar-refractivity contribution in [3.63, 3.8) is 0 Å². The van der Waals surface area contributed by atoms with Crippen LogP contribution >= 0.6 is 23.1 Å². The molecule has 0 spiro atoms. The van der Waals surface area contributed by atoms with Crippen molar-refractivity contribution < 1.29 is 28.8 Å². The number of thioether (sulfide) groups is 1. The van der Waals surface area contributed by atoms with E-state index < -0.39 is 47.1 Å². The second-order valence-electron chi connectivity index (χ2n) is 22.7. The molecule has 16 nitrogen and oxygen atoms in total. The van der Waals surface area contributed by atoms with E-state index in [-0.39, 0.29) is 66.0 Å². The van der Waals surface area contributed by atoms with Crippen molar-refractivity contribution >= 4 is 64.3 Å². The van der Waals surface area contributed by atoms with Gasteiger partial charge in [0.05, 0.1) is 35.6 Å². The average Bonchev–Trinajstić information content (AvgIpc) is 4.36. The fourth-order valence-electron chi connectivity index (χ4n) is 10.1. The van der Waals surface area contributed by atoms with Crippen LogP contribution in [0.3, 0.4) is 0 Å². The highest BCUT2D eigenvalue weighted by atomic mass is 32.2. The molecule has 1 aromatic heterocycles. The number of thiazole rings is 1. The first-order valence-corrected chi connectivity index (χ1v) is 28.7. The van der Waals surface area contributed by atoms with Gasteiger partial charge in [0, 0.05) is 53.0 Å². The molecule has 0 aliphatic carbocycles. The van der Waals surface area contributed by atoms with Gasteiger partial charge in [-0.2, -0.15) is 0 Å². The Hall–Kier alpha value is -6.73. The summed E-state index contributed by atoms with van der Waals surface area (Å²) < 4.78 is 0. The maximum absolute atomic E-state index is 14.7. The van der Waals surface area contributed by atoms with Gasteiger partial charge in [-0.05, 0) is 92.6 Å². The molecule has 2 saturated heterocycles. The lowest BCUT2D eigenvalue weighted by molar-refractivity contribution is -0.140. The third kappa shape index (κ3) is 13.4. The highest BCUT2D eigenvalue weighted by molar-refractivity contribution is 8.01. The second-order valence-corrected chi connectivity index (χ2v) is 24.7. The number of aromatic nitrogens is 1. The molecular weight excluding hydrogens is 1020 g/mol. The van der Waals surface area contributed by atoms with Crippen molar-refractivity contribution in [2.45, 2.75) is 122 Å². The second kappa shape index (κ2) is 24.5. The third-order valence-electron chi connectivity index (χ3n) is 14.9. The molecular formula is C60H74N10O6S2. The molecule has 0 radical (unpaired) electrons. The molecule has 2 fully saturated rings. The van der Waals surface area contributed by atoms with Gasteiger partial charge >= 0.3 is 0 Å². The maximum atomic E-state index is 14.7. The number of hydrogen-bond donors (Lipinski definition) is 6. The molecule has 9 atom stereocenters. The van der Waals surface area contributed by atoms with Gasteiger partial charge in [0.15, 0.2) is 0 Å². The Morgan fingerprint density at radius 2 is 1.05 bits per heavy atom. The topological polar surface area (TPSA) is 206 Å². The van der Waals surface area contributed by atoms with Crippen LogP contribution in [0.4, 0.5) is 0 Å². The summed E-state index contributed by atoms with van der Waals surface area (Å²) in [6, 6.07) is 30.2. The predicted octanol–water partition coefficient (Wildman–Crippen LogP) is 7.09. The Bertz CT molecular complexity index is 2980. The molecule has 0 saturated carbocycles. The molecule has 3 aliphatic heterocycles. The van der Waals surface area contributed by atoms with Crippen molar-refractivity contribution in [3.05, 3.63) is 136 Å². The number of likely N-dealkylation sites (tertiary alicyclic amines) is 2. The number of nitrogens with one attached hydrogen (secondary N) is 6. The number of benzene rings is 4. The van der Waals surface area contributed by atoms with E-state index in [0.717, 1.165) is 38.7 Å². The highest BCUT2D eigenvalue weighted by Gasteiger charge is 2.48. The van der Waals surface area contributed by atoms with Gasteiger partial charge in [-0.3, -0.25) is 33.8 Å². The van der Waals surface area contributed by atoms with E-state index in [2.05, 4.69) is 31.9 Å².